The number of halogens is 1. The van der Waals surface area contributed by atoms with Crippen LogP contribution >= 0.6 is 0 Å². The number of rotatable bonds is 2. The number of imidazole rings is 1. The van der Waals surface area contributed by atoms with Gasteiger partial charge < -0.3 is 25.3 Å². The molecular weight excluding hydrogens is 297 g/mol. The number of hydrogen-bond donors (Lipinski definition) is 4. The van der Waals surface area contributed by atoms with E-state index in [-0.39, 0.29) is 17.1 Å². The van der Waals surface area contributed by atoms with E-state index in [1.807, 2.05) is 0 Å². The fourth-order valence-corrected chi connectivity index (χ4v) is 3.25. The average Bonchev–Trinajstić information content (AvgIpc) is 2.78. The molecular formula is C12H14FN5O4. The molecule has 3 heterocycles. The van der Waals surface area contributed by atoms with Crippen LogP contribution in [0.4, 0.5) is 10.3 Å². The number of nitrogen functional groups attached to an aromatic ring is 1. The Bertz CT molecular complexity index is 837. The lowest BCUT2D eigenvalue weighted by atomic mass is 9.96. The molecule has 9 nitrogen and oxygen atoms in total. The molecule has 5 N–H and O–H groups in total. The van der Waals surface area contributed by atoms with Crippen molar-refractivity contribution in [2.75, 3.05) is 12.3 Å². The molecule has 2 aromatic heterocycles. The molecule has 0 radical (unpaired) electrons. The van der Waals surface area contributed by atoms with E-state index >= 15 is 4.39 Å². The maximum absolute atomic E-state index is 15.0. The molecule has 2 fully saturated rings. The number of aromatic nitrogens is 4. The maximum Gasteiger partial charge on any atom is 0.280 e. The fraction of sp³-hybridized carbons (Fsp3) is 0.583. The van der Waals surface area contributed by atoms with Crippen molar-refractivity contribution in [1.82, 2.24) is 19.5 Å². The molecule has 0 aromatic carbocycles. The summed E-state index contributed by atoms with van der Waals surface area (Å²) in [6.45, 7) is 0.938. The van der Waals surface area contributed by atoms with Crippen LogP contribution < -0.4 is 11.3 Å². The lowest BCUT2D eigenvalue weighted by Gasteiger charge is -2.30. The Morgan fingerprint density at radius 1 is 1.64 bits per heavy atom. The van der Waals surface area contributed by atoms with E-state index in [2.05, 4.69) is 15.0 Å². The van der Waals surface area contributed by atoms with Crippen molar-refractivity contribution >= 4 is 17.1 Å². The quantitative estimate of drug-likeness (QED) is 0.528. The number of nitrogens with two attached hydrogens (primary N) is 1. The van der Waals surface area contributed by atoms with Gasteiger partial charge in [-0.3, -0.25) is 9.78 Å². The Hall–Kier alpha value is -2.04. The standard InChI is InChI=1S/C12H14FN5O4/c1-11(2-19)9(21)12(13)5(6(12)22-11)18-3-15-4-7(18)16-10(14)17-8(4)20/h3,5-6,9,19,21H,2H2,1H3,(H3,14,16,17,20)/t5?,6-,9+,11+,12-/m0/s1. The van der Waals surface area contributed by atoms with Gasteiger partial charge in [-0.25, -0.2) is 9.37 Å². The third-order valence-electron chi connectivity index (χ3n) is 4.53. The van der Waals surface area contributed by atoms with Crippen LogP contribution in [-0.2, 0) is 4.74 Å². The Morgan fingerprint density at radius 3 is 2.95 bits per heavy atom. The van der Waals surface area contributed by atoms with Gasteiger partial charge in [-0.2, -0.15) is 4.98 Å². The number of anilines is 1. The zero-order chi connectivity index (χ0) is 15.9. The first-order valence-electron chi connectivity index (χ1n) is 6.71. The molecule has 0 spiro atoms. The molecule has 4 rings (SSSR count). The van der Waals surface area contributed by atoms with Crippen LogP contribution in [0.1, 0.15) is 13.0 Å². The van der Waals surface area contributed by atoms with Crippen LogP contribution in [0.3, 0.4) is 0 Å². The number of aromatic amines is 1. The van der Waals surface area contributed by atoms with Gasteiger partial charge in [0.1, 0.15) is 23.9 Å². The van der Waals surface area contributed by atoms with Gasteiger partial charge in [-0.1, -0.05) is 0 Å². The first-order chi connectivity index (χ1) is 10.3. The molecule has 118 valence electrons. The molecule has 22 heavy (non-hydrogen) atoms. The smallest absolute Gasteiger partial charge is 0.280 e. The molecule has 1 aliphatic carbocycles. The zero-order valence-corrected chi connectivity index (χ0v) is 11.5. The van der Waals surface area contributed by atoms with Crippen molar-refractivity contribution in [2.45, 2.75) is 36.4 Å². The van der Waals surface area contributed by atoms with Crippen molar-refractivity contribution in [2.24, 2.45) is 0 Å². The molecule has 0 bridgehead atoms. The monoisotopic (exact) mass is 311 g/mol. The van der Waals surface area contributed by atoms with Crippen LogP contribution in [0.5, 0.6) is 0 Å². The number of nitrogens with zero attached hydrogens (tertiary/aromatic N) is 3. The topological polar surface area (TPSA) is 139 Å². The lowest BCUT2D eigenvalue weighted by molar-refractivity contribution is -0.119. The van der Waals surface area contributed by atoms with Gasteiger partial charge in [0.25, 0.3) is 5.56 Å². The number of ether oxygens (including phenoxy) is 1. The van der Waals surface area contributed by atoms with Gasteiger partial charge in [0.05, 0.1) is 12.9 Å². The number of nitrogens with one attached hydrogen (secondary N) is 1. The zero-order valence-electron chi connectivity index (χ0n) is 11.5. The number of alkyl halides is 1. The Morgan fingerprint density at radius 2 is 2.36 bits per heavy atom. The highest BCUT2D eigenvalue weighted by Crippen LogP contribution is 2.64. The number of hydrogen-bond acceptors (Lipinski definition) is 7. The van der Waals surface area contributed by atoms with Gasteiger partial charge in [0.15, 0.2) is 16.8 Å². The molecule has 1 unspecified atom stereocenters. The second-order valence-corrected chi connectivity index (χ2v) is 5.96. The highest BCUT2D eigenvalue weighted by Gasteiger charge is 2.82. The molecule has 2 aliphatic rings. The van der Waals surface area contributed by atoms with E-state index < -0.39 is 41.7 Å². The van der Waals surface area contributed by atoms with Crippen molar-refractivity contribution in [3.63, 3.8) is 0 Å². The minimum absolute atomic E-state index is 0.0298. The summed E-state index contributed by atoms with van der Waals surface area (Å²) in [7, 11) is 0. The molecule has 1 saturated heterocycles. The Balaban J connectivity index is 1.80. The van der Waals surface area contributed by atoms with Gasteiger partial charge >= 0.3 is 0 Å². The summed E-state index contributed by atoms with van der Waals surface area (Å²) in [4.78, 5) is 21.9. The number of H-pyrrole nitrogens is 1. The maximum atomic E-state index is 15.0. The van der Waals surface area contributed by atoms with Crippen molar-refractivity contribution < 1.29 is 19.3 Å². The van der Waals surface area contributed by atoms with Crippen LogP contribution in [-0.4, -0.2) is 59.8 Å². The Kier molecular flexibility index (Phi) is 2.37. The van der Waals surface area contributed by atoms with E-state index in [1.165, 1.54) is 17.8 Å². The number of fused-ring (bicyclic) bond motifs is 2. The lowest BCUT2D eigenvalue weighted by Crippen LogP contribution is -2.47. The van der Waals surface area contributed by atoms with E-state index in [1.54, 1.807) is 0 Å². The first kappa shape index (κ1) is 13.6. The number of aliphatic hydroxyl groups excluding tert-OH is 2. The average molecular weight is 311 g/mol. The first-order valence-corrected chi connectivity index (χ1v) is 6.71. The molecule has 1 aliphatic heterocycles. The third-order valence-corrected chi connectivity index (χ3v) is 4.53. The van der Waals surface area contributed by atoms with Gasteiger partial charge in [-0.05, 0) is 6.92 Å². The van der Waals surface area contributed by atoms with Crippen LogP contribution in [0.15, 0.2) is 11.1 Å². The second kappa shape index (κ2) is 3.83. The van der Waals surface area contributed by atoms with Crippen LogP contribution in [0.25, 0.3) is 11.2 Å². The second-order valence-electron chi connectivity index (χ2n) is 5.96. The minimum atomic E-state index is -2.07. The predicted molar refractivity (Wildman–Crippen MR) is 71.8 cm³/mol. The highest BCUT2D eigenvalue weighted by atomic mass is 19.1. The van der Waals surface area contributed by atoms with Gasteiger partial charge in [0.2, 0.25) is 5.95 Å². The van der Waals surface area contributed by atoms with Crippen molar-refractivity contribution in [3.8, 4) is 0 Å². The summed E-state index contributed by atoms with van der Waals surface area (Å²) >= 11 is 0. The van der Waals surface area contributed by atoms with E-state index in [0.717, 1.165) is 0 Å². The Labute approximate surface area is 122 Å². The molecule has 1 saturated carbocycles. The van der Waals surface area contributed by atoms with Crippen molar-refractivity contribution in [1.29, 1.82) is 0 Å². The molecule has 0 amide bonds. The SMILES string of the molecule is C[C@]1(CO)O[C@H]2C(n3cnc4c(=O)[nH]c(N)nc43)[C@@]2(F)[C@@H]1O. The minimum Gasteiger partial charge on any atom is -0.393 e. The molecule has 5 atom stereocenters. The van der Waals surface area contributed by atoms with E-state index in [9.17, 15) is 15.0 Å². The summed E-state index contributed by atoms with van der Waals surface area (Å²) in [6, 6.07) is -0.874. The van der Waals surface area contributed by atoms with Crippen LogP contribution in [0, 0.1) is 0 Å². The molecule has 2 aromatic rings. The third kappa shape index (κ3) is 1.39. The highest BCUT2D eigenvalue weighted by molar-refractivity contribution is 5.71. The summed E-state index contributed by atoms with van der Waals surface area (Å²) < 4.78 is 21.8. The van der Waals surface area contributed by atoms with Gasteiger partial charge in [0, 0.05) is 0 Å². The fourth-order valence-electron chi connectivity index (χ4n) is 3.25. The largest absolute Gasteiger partial charge is 0.393 e. The summed E-state index contributed by atoms with van der Waals surface area (Å²) in [6.07, 6.45) is -1.18. The van der Waals surface area contributed by atoms with E-state index in [0.29, 0.717) is 0 Å². The normalized spacial score (nSPS) is 40.1. The predicted octanol–water partition coefficient (Wildman–Crippen LogP) is -1.52. The van der Waals surface area contributed by atoms with E-state index in [4.69, 9.17) is 10.5 Å². The summed E-state index contributed by atoms with van der Waals surface area (Å²) in [5, 5.41) is 19.4. The van der Waals surface area contributed by atoms with Crippen LogP contribution in [0.2, 0.25) is 0 Å². The number of aliphatic hydroxyl groups is 2. The van der Waals surface area contributed by atoms with Crippen molar-refractivity contribution in [3.05, 3.63) is 16.7 Å². The summed E-state index contributed by atoms with van der Waals surface area (Å²) in [5.41, 5.74) is 1.71. The molecule has 10 heteroatoms. The summed E-state index contributed by atoms with van der Waals surface area (Å²) in [5.74, 6) is -0.111. The van der Waals surface area contributed by atoms with Gasteiger partial charge in [-0.15, -0.1) is 0 Å².